The number of ether oxygens (including phenoxy) is 1. The summed E-state index contributed by atoms with van der Waals surface area (Å²) in [5.41, 5.74) is 4.53. The normalized spacial score (nSPS) is 16.2. The third kappa shape index (κ3) is 3.98. The number of likely N-dealkylation sites (tertiary alicyclic amines) is 1. The fraction of sp³-hybridized carbons (Fsp3) is 0.259. The zero-order valence-electron chi connectivity index (χ0n) is 18.8. The molecule has 3 aromatic carbocycles. The largest absolute Gasteiger partial charge is 0.497 e. The average Bonchev–Trinajstić information content (AvgIpc) is 3.23. The van der Waals surface area contributed by atoms with Crippen LogP contribution >= 0.6 is 11.6 Å². The van der Waals surface area contributed by atoms with Crippen LogP contribution in [0.3, 0.4) is 0 Å². The topological polar surface area (TPSA) is 47.4 Å². The van der Waals surface area contributed by atoms with E-state index in [9.17, 15) is 4.79 Å². The molecule has 0 spiro atoms. The van der Waals surface area contributed by atoms with Crippen LogP contribution < -0.4 is 4.74 Å². The highest BCUT2D eigenvalue weighted by molar-refractivity contribution is 6.30. The summed E-state index contributed by atoms with van der Waals surface area (Å²) >= 11 is 6.14. The zero-order valence-corrected chi connectivity index (χ0v) is 19.5. The minimum absolute atomic E-state index is 0.0298. The van der Waals surface area contributed by atoms with Crippen molar-refractivity contribution in [3.05, 3.63) is 88.7 Å². The lowest BCUT2D eigenvalue weighted by Crippen LogP contribution is -2.40. The van der Waals surface area contributed by atoms with Crippen LogP contribution in [0.25, 0.3) is 16.7 Å². The molecule has 0 aliphatic carbocycles. The standard InChI is InChI=1S/C27H26ClN3O2/c1-18-17-19(28)10-15-22(18)27(32)30-16-6-5-9-25(30)26-29-23-7-3-4-8-24(23)31(26)20-11-13-21(33-2)14-12-20/h3-4,7-8,10-15,17,25H,5-6,9,16H2,1-2H3. The van der Waals surface area contributed by atoms with Crippen LogP contribution in [0, 0.1) is 6.92 Å². The van der Waals surface area contributed by atoms with Gasteiger partial charge in [0.25, 0.3) is 5.91 Å². The average molecular weight is 460 g/mol. The smallest absolute Gasteiger partial charge is 0.254 e. The summed E-state index contributed by atoms with van der Waals surface area (Å²) < 4.78 is 7.53. The number of piperidine rings is 1. The number of carbonyl (C=O) groups excluding carboxylic acids is 1. The maximum absolute atomic E-state index is 13.7. The highest BCUT2D eigenvalue weighted by atomic mass is 35.5. The van der Waals surface area contributed by atoms with E-state index in [4.69, 9.17) is 21.3 Å². The van der Waals surface area contributed by atoms with Gasteiger partial charge in [-0.3, -0.25) is 9.36 Å². The van der Waals surface area contributed by atoms with E-state index in [1.165, 1.54) is 0 Å². The van der Waals surface area contributed by atoms with Crippen molar-refractivity contribution in [1.82, 2.24) is 14.5 Å². The van der Waals surface area contributed by atoms with Crippen molar-refractivity contribution in [2.45, 2.75) is 32.2 Å². The Morgan fingerprint density at radius 1 is 1.06 bits per heavy atom. The molecular weight excluding hydrogens is 434 g/mol. The number of rotatable bonds is 4. The third-order valence-corrected chi connectivity index (χ3v) is 6.63. The molecule has 5 rings (SSSR count). The lowest BCUT2D eigenvalue weighted by Gasteiger charge is -2.36. The first-order valence-corrected chi connectivity index (χ1v) is 11.6. The summed E-state index contributed by atoms with van der Waals surface area (Å²) in [4.78, 5) is 20.7. The molecule has 168 valence electrons. The van der Waals surface area contributed by atoms with Crippen LogP contribution in [0.5, 0.6) is 5.75 Å². The second-order valence-corrected chi connectivity index (χ2v) is 8.90. The fourth-order valence-electron chi connectivity index (χ4n) is 4.74. The number of hydrogen-bond acceptors (Lipinski definition) is 3. The van der Waals surface area contributed by atoms with Gasteiger partial charge in [0.05, 0.1) is 24.2 Å². The van der Waals surface area contributed by atoms with E-state index in [0.29, 0.717) is 17.1 Å². The first-order chi connectivity index (χ1) is 16.1. The van der Waals surface area contributed by atoms with Gasteiger partial charge in [0.15, 0.2) is 0 Å². The second kappa shape index (κ2) is 8.91. The van der Waals surface area contributed by atoms with Crippen LogP contribution in [0.4, 0.5) is 0 Å². The van der Waals surface area contributed by atoms with Gasteiger partial charge in [-0.25, -0.2) is 4.98 Å². The first-order valence-electron chi connectivity index (χ1n) is 11.3. The molecule has 1 saturated heterocycles. The molecule has 6 heteroatoms. The van der Waals surface area contributed by atoms with Gasteiger partial charge >= 0.3 is 0 Å². The third-order valence-electron chi connectivity index (χ3n) is 6.40. The van der Waals surface area contributed by atoms with Crippen LogP contribution in [0.2, 0.25) is 5.02 Å². The van der Waals surface area contributed by atoms with Gasteiger partial charge in [0.1, 0.15) is 11.6 Å². The van der Waals surface area contributed by atoms with Gasteiger partial charge in [-0.2, -0.15) is 0 Å². The fourth-order valence-corrected chi connectivity index (χ4v) is 4.96. The van der Waals surface area contributed by atoms with Crippen molar-refractivity contribution < 1.29 is 9.53 Å². The maximum Gasteiger partial charge on any atom is 0.254 e. The van der Waals surface area contributed by atoms with E-state index in [1.807, 2.05) is 66.4 Å². The Labute approximate surface area is 198 Å². The minimum Gasteiger partial charge on any atom is -0.497 e. The number of hydrogen-bond donors (Lipinski definition) is 0. The van der Waals surface area contributed by atoms with Gasteiger partial charge in [-0.05, 0) is 86.3 Å². The number of amides is 1. The van der Waals surface area contributed by atoms with Crippen molar-refractivity contribution in [2.75, 3.05) is 13.7 Å². The Bertz CT molecular complexity index is 1310. The predicted molar refractivity (Wildman–Crippen MR) is 131 cm³/mol. The molecule has 1 aromatic heterocycles. The predicted octanol–water partition coefficient (Wildman–Crippen LogP) is 6.36. The number of para-hydroxylation sites is 2. The van der Waals surface area contributed by atoms with E-state index in [1.54, 1.807) is 13.2 Å². The van der Waals surface area contributed by atoms with Crippen molar-refractivity contribution in [1.29, 1.82) is 0 Å². The summed E-state index contributed by atoms with van der Waals surface area (Å²) in [6.07, 6.45) is 2.91. The summed E-state index contributed by atoms with van der Waals surface area (Å²) in [5, 5.41) is 0.639. The van der Waals surface area contributed by atoms with Gasteiger partial charge in [0, 0.05) is 22.8 Å². The minimum atomic E-state index is -0.115. The van der Waals surface area contributed by atoms with Crippen molar-refractivity contribution in [3.63, 3.8) is 0 Å². The number of nitrogens with zero attached hydrogens (tertiary/aromatic N) is 3. The molecule has 0 radical (unpaired) electrons. The molecule has 1 fully saturated rings. The van der Waals surface area contributed by atoms with Gasteiger partial charge in [-0.15, -0.1) is 0 Å². The molecule has 4 aromatic rings. The Balaban J connectivity index is 1.62. The van der Waals surface area contributed by atoms with E-state index in [2.05, 4.69) is 10.6 Å². The number of imidazole rings is 1. The van der Waals surface area contributed by atoms with Crippen molar-refractivity contribution in [3.8, 4) is 11.4 Å². The van der Waals surface area contributed by atoms with Gasteiger partial charge < -0.3 is 9.64 Å². The quantitative estimate of drug-likeness (QED) is 0.356. The Morgan fingerprint density at radius 2 is 1.85 bits per heavy atom. The molecule has 1 unspecified atom stereocenters. The van der Waals surface area contributed by atoms with E-state index in [-0.39, 0.29) is 11.9 Å². The van der Waals surface area contributed by atoms with Crippen LogP contribution in [-0.2, 0) is 0 Å². The number of carbonyl (C=O) groups is 1. The Kier molecular flexibility index (Phi) is 5.81. The number of benzene rings is 3. The maximum atomic E-state index is 13.7. The van der Waals surface area contributed by atoms with Gasteiger partial charge in [0.2, 0.25) is 0 Å². The molecule has 2 heterocycles. The molecule has 1 amide bonds. The molecule has 0 bridgehead atoms. The number of methoxy groups -OCH3 is 1. The molecule has 0 N–H and O–H groups in total. The number of aromatic nitrogens is 2. The molecule has 33 heavy (non-hydrogen) atoms. The Morgan fingerprint density at radius 3 is 2.61 bits per heavy atom. The van der Waals surface area contributed by atoms with Crippen LogP contribution in [0.15, 0.2) is 66.7 Å². The van der Waals surface area contributed by atoms with Gasteiger partial charge in [-0.1, -0.05) is 23.7 Å². The number of halogens is 1. The number of aryl methyl sites for hydroxylation is 1. The van der Waals surface area contributed by atoms with E-state index < -0.39 is 0 Å². The summed E-state index contributed by atoms with van der Waals surface area (Å²) in [5.74, 6) is 1.72. The van der Waals surface area contributed by atoms with Crippen molar-refractivity contribution >= 4 is 28.5 Å². The first kappa shape index (κ1) is 21.5. The monoisotopic (exact) mass is 459 g/mol. The summed E-state index contributed by atoms with van der Waals surface area (Å²) in [6.45, 7) is 2.64. The van der Waals surface area contributed by atoms with E-state index in [0.717, 1.165) is 53.1 Å². The molecule has 1 atom stereocenters. The molecule has 0 saturated carbocycles. The summed E-state index contributed by atoms with van der Waals surface area (Å²) in [7, 11) is 1.66. The van der Waals surface area contributed by atoms with E-state index >= 15 is 0 Å². The van der Waals surface area contributed by atoms with Crippen LogP contribution in [0.1, 0.15) is 47.1 Å². The molecule has 5 nitrogen and oxygen atoms in total. The molecule has 1 aliphatic rings. The Hall–Kier alpha value is -3.31. The van der Waals surface area contributed by atoms with Crippen LogP contribution in [-0.4, -0.2) is 34.0 Å². The highest BCUT2D eigenvalue weighted by Crippen LogP contribution is 2.36. The highest BCUT2D eigenvalue weighted by Gasteiger charge is 2.33. The molecule has 1 aliphatic heterocycles. The SMILES string of the molecule is COc1ccc(-n2c(C3CCCCN3C(=O)c3ccc(Cl)cc3C)nc3ccccc32)cc1. The lowest BCUT2D eigenvalue weighted by molar-refractivity contribution is 0.0598. The molecular formula is C27H26ClN3O2. The summed E-state index contributed by atoms with van der Waals surface area (Å²) in [6, 6.07) is 21.5. The number of fused-ring (bicyclic) bond motifs is 1. The lowest BCUT2D eigenvalue weighted by atomic mass is 9.98. The zero-order chi connectivity index (χ0) is 22.9. The second-order valence-electron chi connectivity index (χ2n) is 8.46. The van der Waals surface area contributed by atoms with Crippen molar-refractivity contribution in [2.24, 2.45) is 0 Å².